The van der Waals surface area contributed by atoms with Crippen molar-refractivity contribution in [1.82, 2.24) is 9.88 Å². The maximum absolute atomic E-state index is 12.9. The molecule has 0 aliphatic rings. The number of benzene rings is 2. The molecule has 1 N–H and O–H groups in total. The Morgan fingerprint density at radius 3 is 2.69 bits per heavy atom. The molecule has 0 saturated heterocycles. The van der Waals surface area contributed by atoms with Crippen LogP contribution >= 0.6 is 22.9 Å². The topological polar surface area (TPSA) is 45.2 Å². The van der Waals surface area contributed by atoms with Crippen molar-refractivity contribution in [2.75, 3.05) is 18.9 Å². The van der Waals surface area contributed by atoms with Gasteiger partial charge in [-0.2, -0.15) is 0 Å². The first-order valence-electron chi connectivity index (χ1n) is 7.94. The summed E-state index contributed by atoms with van der Waals surface area (Å²) in [6.45, 7) is 0.744. The Hall–Kier alpha value is -2.28. The average Bonchev–Trinajstić information content (AvgIpc) is 3.05. The number of rotatable bonds is 6. The molecule has 26 heavy (non-hydrogen) atoms. The molecule has 3 aromatic rings. The number of hydrogen-bond acceptors (Lipinski definition) is 4. The van der Waals surface area contributed by atoms with Gasteiger partial charge in [0, 0.05) is 23.2 Å². The smallest absolute Gasteiger partial charge is 0.238 e. The molecule has 0 saturated carbocycles. The van der Waals surface area contributed by atoms with Crippen molar-refractivity contribution in [1.29, 1.82) is 0 Å². The highest BCUT2D eigenvalue weighted by Crippen LogP contribution is 2.30. The van der Waals surface area contributed by atoms with E-state index < -0.39 is 0 Å². The van der Waals surface area contributed by atoms with Crippen LogP contribution in [0.15, 0.2) is 53.9 Å². The molecule has 0 spiro atoms. The molecule has 4 nitrogen and oxygen atoms in total. The molecule has 1 aromatic heterocycles. The molecule has 2 aromatic carbocycles. The largest absolute Gasteiger partial charge is 0.325 e. The fourth-order valence-electron chi connectivity index (χ4n) is 2.45. The van der Waals surface area contributed by atoms with Gasteiger partial charge in [0.1, 0.15) is 10.8 Å². The van der Waals surface area contributed by atoms with E-state index in [4.69, 9.17) is 11.6 Å². The van der Waals surface area contributed by atoms with Crippen LogP contribution < -0.4 is 5.32 Å². The summed E-state index contributed by atoms with van der Waals surface area (Å²) >= 11 is 7.73. The van der Waals surface area contributed by atoms with Crippen molar-refractivity contribution in [2.45, 2.75) is 6.54 Å². The Bertz CT molecular complexity index is 898. The van der Waals surface area contributed by atoms with E-state index in [1.807, 2.05) is 41.6 Å². The third-order valence-corrected chi connectivity index (χ3v) is 4.88. The van der Waals surface area contributed by atoms with Gasteiger partial charge in [-0.05, 0) is 37.4 Å². The van der Waals surface area contributed by atoms with Crippen LogP contribution in [0.4, 0.5) is 10.1 Å². The van der Waals surface area contributed by atoms with Gasteiger partial charge in [-0.25, -0.2) is 9.37 Å². The molecule has 3 rings (SSSR count). The highest BCUT2D eigenvalue weighted by Gasteiger charge is 2.12. The maximum Gasteiger partial charge on any atom is 0.238 e. The molecule has 1 amide bonds. The van der Waals surface area contributed by atoms with Crippen molar-refractivity contribution in [3.63, 3.8) is 0 Å². The molecule has 7 heteroatoms. The Balaban J connectivity index is 1.56. The molecule has 0 aliphatic heterocycles. The third-order valence-electron chi connectivity index (χ3n) is 3.63. The zero-order valence-electron chi connectivity index (χ0n) is 14.1. The second-order valence-electron chi connectivity index (χ2n) is 5.85. The monoisotopic (exact) mass is 389 g/mol. The van der Waals surface area contributed by atoms with E-state index in [-0.39, 0.29) is 18.3 Å². The third kappa shape index (κ3) is 4.88. The van der Waals surface area contributed by atoms with Crippen molar-refractivity contribution >= 4 is 34.5 Å². The van der Waals surface area contributed by atoms with Crippen molar-refractivity contribution in [3.8, 4) is 10.6 Å². The number of amides is 1. The summed E-state index contributed by atoms with van der Waals surface area (Å²) in [5, 5.41) is 6.23. The van der Waals surface area contributed by atoms with Gasteiger partial charge in [0.25, 0.3) is 0 Å². The minimum Gasteiger partial charge on any atom is -0.325 e. The van der Waals surface area contributed by atoms with Crippen LogP contribution in [0.1, 0.15) is 5.69 Å². The quantitative estimate of drug-likeness (QED) is 0.666. The van der Waals surface area contributed by atoms with E-state index in [2.05, 4.69) is 10.3 Å². The lowest BCUT2D eigenvalue weighted by molar-refractivity contribution is -0.117. The number of aromatic nitrogens is 1. The number of halogens is 2. The number of hydrogen-bond donors (Lipinski definition) is 1. The Kier molecular flexibility index (Phi) is 5.98. The van der Waals surface area contributed by atoms with Gasteiger partial charge in [-0.3, -0.25) is 9.69 Å². The van der Waals surface area contributed by atoms with Gasteiger partial charge in [-0.15, -0.1) is 11.3 Å². The average molecular weight is 390 g/mol. The minimum absolute atomic E-state index is 0.166. The molecule has 0 bridgehead atoms. The van der Waals surface area contributed by atoms with Crippen LogP contribution in [-0.2, 0) is 11.3 Å². The van der Waals surface area contributed by atoms with E-state index in [0.29, 0.717) is 17.3 Å². The molecular weight excluding hydrogens is 373 g/mol. The molecule has 0 radical (unpaired) electrons. The Labute approximate surface area is 160 Å². The van der Waals surface area contributed by atoms with Crippen LogP contribution in [0.25, 0.3) is 10.6 Å². The van der Waals surface area contributed by atoms with Crippen molar-refractivity contribution in [3.05, 3.63) is 70.4 Å². The standard InChI is InChI=1S/C19H17ClFN3OS/c1-24(11-18(25)22-14-8-6-13(21)7-9-14)10-15-12-26-19(23-15)16-4-2-3-5-17(16)20/h2-9,12H,10-11H2,1H3,(H,22,25). The molecule has 0 atom stereocenters. The summed E-state index contributed by atoms with van der Waals surface area (Å²) in [5.74, 6) is -0.501. The number of carbonyl (C=O) groups is 1. The van der Waals surface area contributed by atoms with Crippen LogP contribution in [0.3, 0.4) is 0 Å². The van der Waals surface area contributed by atoms with Crippen LogP contribution in [0.2, 0.25) is 5.02 Å². The first kappa shape index (κ1) is 18.5. The fraction of sp³-hybridized carbons (Fsp3) is 0.158. The lowest BCUT2D eigenvalue weighted by atomic mass is 10.2. The van der Waals surface area contributed by atoms with Crippen molar-refractivity contribution in [2.24, 2.45) is 0 Å². The lowest BCUT2D eigenvalue weighted by Crippen LogP contribution is -2.29. The van der Waals surface area contributed by atoms with Gasteiger partial charge < -0.3 is 5.32 Å². The number of nitrogens with one attached hydrogen (secondary N) is 1. The second kappa shape index (κ2) is 8.40. The number of anilines is 1. The summed E-state index contributed by atoms with van der Waals surface area (Å²) in [6.07, 6.45) is 0. The number of likely N-dealkylation sites (N-methyl/N-ethyl adjacent to an activating group) is 1. The van der Waals surface area contributed by atoms with E-state index >= 15 is 0 Å². The lowest BCUT2D eigenvalue weighted by Gasteiger charge is -2.15. The van der Waals surface area contributed by atoms with Crippen LogP contribution in [0.5, 0.6) is 0 Å². The molecule has 0 aliphatic carbocycles. The number of thiazole rings is 1. The highest BCUT2D eigenvalue weighted by molar-refractivity contribution is 7.13. The normalized spacial score (nSPS) is 10.9. The molecule has 0 fully saturated rings. The van der Waals surface area contributed by atoms with Crippen molar-refractivity contribution < 1.29 is 9.18 Å². The van der Waals surface area contributed by atoms with E-state index in [0.717, 1.165) is 16.3 Å². The minimum atomic E-state index is -0.335. The van der Waals surface area contributed by atoms with Gasteiger partial charge in [0.05, 0.1) is 17.3 Å². The first-order valence-corrected chi connectivity index (χ1v) is 9.20. The van der Waals surface area contributed by atoms with Gasteiger partial charge >= 0.3 is 0 Å². The van der Waals surface area contributed by atoms with Crippen LogP contribution in [-0.4, -0.2) is 29.4 Å². The van der Waals surface area contributed by atoms with E-state index in [1.54, 1.807) is 0 Å². The second-order valence-corrected chi connectivity index (χ2v) is 7.12. The van der Waals surface area contributed by atoms with Crippen LogP contribution in [0, 0.1) is 5.82 Å². The van der Waals surface area contributed by atoms with Gasteiger partial charge in [-0.1, -0.05) is 29.8 Å². The molecular formula is C19H17ClFN3OS. The van der Waals surface area contributed by atoms with Gasteiger partial charge in [0.2, 0.25) is 5.91 Å². The first-order chi connectivity index (χ1) is 12.5. The molecule has 134 valence electrons. The predicted molar refractivity (Wildman–Crippen MR) is 104 cm³/mol. The zero-order chi connectivity index (χ0) is 18.5. The summed E-state index contributed by atoms with van der Waals surface area (Å²) in [5.41, 5.74) is 2.35. The number of carbonyl (C=O) groups excluding carboxylic acids is 1. The van der Waals surface area contributed by atoms with Gasteiger partial charge in [0.15, 0.2) is 0 Å². The SMILES string of the molecule is CN(CC(=O)Nc1ccc(F)cc1)Cc1csc(-c2ccccc2Cl)n1. The summed E-state index contributed by atoms with van der Waals surface area (Å²) in [6, 6.07) is 13.3. The Morgan fingerprint density at radius 2 is 1.96 bits per heavy atom. The summed E-state index contributed by atoms with van der Waals surface area (Å²) < 4.78 is 12.9. The summed E-state index contributed by atoms with van der Waals surface area (Å²) in [4.78, 5) is 18.6. The zero-order valence-corrected chi connectivity index (χ0v) is 15.6. The number of nitrogens with zero attached hydrogens (tertiary/aromatic N) is 2. The highest BCUT2D eigenvalue weighted by atomic mass is 35.5. The molecule has 1 heterocycles. The van der Waals surface area contributed by atoms with E-state index in [1.165, 1.54) is 35.6 Å². The fourth-order valence-corrected chi connectivity index (χ4v) is 3.58. The Morgan fingerprint density at radius 1 is 1.23 bits per heavy atom. The predicted octanol–water partition coefficient (Wildman–Crippen LogP) is 4.67. The molecule has 0 unspecified atom stereocenters. The van der Waals surface area contributed by atoms with E-state index in [9.17, 15) is 9.18 Å². The summed E-state index contributed by atoms with van der Waals surface area (Å²) in [7, 11) is 1.85. The maximum atomic E-state index is 12.9.